The van der Waals surface area contributed by atoms with Gasteiger partial charge in [0.15, 0.2) is 0 Å². The van der Waals surface area contributed by atoms with Crippen LogP contribution < -0.4 is 10.1 Å². The molecule has 1 heterocycles. The zero-order valence-corrected chi connectivity index (χ0v) is 10.1. The zero-order valence-electron chi connectivity index (χ0n) is 9.26. The van der Waals surface area contributed by atoms with Crippen LogP contribution in [-0.4, -0.2) is 52.9 Å². The molecule has 0 fully saturated rings. The van der Waals surface area contributed by atoms with Crippen LogP contribution in [0.15, 0.2) is 6.20 Å². The Kier molecular flexibility index (Phi) is 6.98. The summed E-state index contributed by atoms with van der Waals surface area (Å²) < 4.78 is 18.0. The first-order valence-electron chi connectivity index (χ1n) is 5.19. The first-order chi connectivity index (χ1) is 7.83. The van der Waals surface area contributed by atoms with Gasteiger partial charge in [-0.15, -0.1) is 4.37 Å². The molecule has 6 nitrogen and oxygen atoms in total. The van der Waals surface area contributed by atoms with E-state index < -0.39 is 6.10 Å². The second-order valence-corrected chi connectivity index (χ2v) is 3.67. The van der Waals surface area contributed by atoms with E-state index in [2.05, 4.69) is 14.1 Å². The number of rotatable bonds is 9. The van der Waals surface area contributed by atoms with Crippen molar-refractivity contribution in [3.63, 3.8) is 0 Å². The van der Waals surface area contributed by atoms with Crippen molar-refractivity contribution in [1.82, 2.24) is 14.1 Å². The van der Waals surface area contributed by atoms with Crippen molar-refractivity contribution in [2.45, 2.75) is 13.0 Å². The van der Waals surface area contributed by atoms with Gasteiger partial charge in [0.1, 0.15) is 18.9 Å². The number of aromatic nitrogens is 2. The molecule has 1 aromatic heterocycles. The second kappa shape index (κ2) is 8.40. The average molecular weight is 247 g/mol. The van der Waals surface area contributed by atoms with Gasteiger partial charge in [-0.1, -0.05) is 0 Å². The van der Waals surface area contributed by atoms with E-state index >= 15 is 0 Å². The quantitative estimate of drug-likeness (QED) is 0.594. The van der Waals surface area contributed by atoms with Crippen molar-refractivity contribution in [2.24, 2.45) is 0 Å². The maximum Gasteiger partial charge on any atom is 0.245 e. The fourth-order valence-electron chi connectivity index (χ4n) is 1.02. The fourth-order valence-corrected chi connectivity index (χ4v) is 1.38. The molecule has 16 heavy (non-hydrogen) atoms. The molecule has 0 aromatic carbocycles. The summed E-state index contributed by atoms with van der Waals surface area (Å²) in [5.41, 5.74) is 0. The van der Waals surface area contributed by atoms with Gasteiger partial charge in [-0.3, -0.25) is 0 Å². The van der Waals surface area contributed by atoms with E-state index in [1.165, 1.54) is 6.20 Å². The van der Waals surface area contributed by atoms with E-state index in [-0.39, 0.29) is 6.61 Å². The number of hydrogen-bond donors (Lipinski definition) is 2. The lowest BCUT2D eigenvalue weighted by molar-refractivity contribution is 0.0987. The molecule has 0 spiro atoms. The summed E-state index contributed by atoms with van der Waals surface area (Å²) in [4.78, 5) is 0. The largest absolute Gasteiger partial charge is 0.473 e. The maximum atomic E-state index is 9.53. The molecule has 0 amide bonds. The third kappa shape index (κ3) is 5.96. The van der Waals surface area contributed by atoms with E-state index in [4.69, 9.17) is 9.47 Å². The highest BCUT2D eigenvalue weighted by Gasteiger charge is 2.05. The van der Waals surface area contributed by atoms with E-state index in [0.717, 1.165) is 18.3 Å². The van der Waals surface area contributed by atoms with E-state index in [9.17, 15) is 5.11 Å². The Balaban J connectivity index is 1.96. The highest BCUT2D eigenvalue weighted by molar-refractivity contribution is 6.99. The molecule has 0 aliphatic carbocycles. The van der Waals surface area contributed by atoms with E-state index in [0.29, 0.717) is 25.6 Å². The first-order valence-corrected chi connectivity index (χ1v) is 5.92. The van der Waals surface area contributed by atoms with Crippen LogP contribution in [0.25, 0.3) is 0 Å². The minimum atomic E-state index is -0.552. The van der Waals surface area contributed by atoms with Gasteiger partial charge in [-0.05, 0) is 6.92 Å². The minimum Gasteiger partial charge on any atom is -0.473 e. The lowest BCUT2D eigenvalue weighted by Crippen LogP contribution is -2.33. The number of hydrogen-bond acceptors (Lipinski definition) is 7. The summed E-state index contributed by atoms with van der Waals surface area (Å²) in [5.74, 6) is 0.457. The van der Waals surface area contributed by atoms with Crippen LogP contribution in [0, 0.1) is 0 Å². The van der Waals surface area contributed by atoms with Crippen LogP contribution in [-0.2, 0) is 4.74 Å². The molecule has 1 rings (SSSR count). The molecule has 1 aromatic rings. The number of aliphatic hydroxyl groups excluding tert-OH is 1. The first kappa shape index (κ1) is 13.3. The second-order valence-electron chi connectivity index (χ2n) is 3.11. The fraction of sp³-hybridized carbons (Fsp3) is 0.778. The maximum absolute atomic E-state index is 9.53. The Morgan fingerprint density at radius 1 is 1.62 bits per heavy atom. The SMILES string of the molecule is CCOCCNCC(O)COc1cnsn1. The van der Waals surface area contributed by atoms with Gasteiger partial charge >= 0.3 is 0 Å². The average Bonchev–Trinajstić information content (AvgIpc) is 2.79. The number of aliphatic hydroxyl groups is 1. The molecule has 2 N–H and O–H groups in total. The third-order valence-electron chi connectivity index (χ3n) is 1.77. The summed E-state index contributed by atoms with van der Waals surface area (Å²) in [7, 11) is 0. The molecule has 7 heteroatoms. The van der Waals surface area contributed by atoms with Gasteiger partial charge in [0, 0.05) is 19.7 Å². The number of ether oxygens (including phenoxy) is 2. The van der Waals surface area contributed by atoms with Crippen LogP contribution in [0.5, 0.6) is 5.88 Å². The van der Waals surface area contributed by atoms with Crippen molar-refractivity contribution in [3.8, 4) is 5.88 Å². The predicted molar refractivity (Wildman–Crippen MR) is 60.8 cm³/mol. The molecule has 0 radical (unpaired) electrons. The van der Waals surface area contributed by atoms with Crippen LogP contribution in [0.1, 0.15) is 6.92 Å². The Morgan fingerprint density at radius 3 is 3.19 bits per heavy atom. The molecule has 0 bridgehead atoms. The van der Waals surface area contributed by atoms with E-state index in [1.54, 1.807) is 0 Å². The highest BCUT2D eigenvalue weighted by atomic mass is 32.1. The number of nitrogens with zero attached hydrogens (tertiary/aromatic N) is 2. The van der Waals surface area contributed by atoms with Gasteiger partial charge in [-0.2, -0.15) is 4.37 Å². The molecule has 0 saturated carbocycles. The molecule has 0 aliphatic heterocycles. The van der Waals surface area contributed by atoms with Crippen molar-refractivity contribution in [1.29, 1.82) is 0 Å². The number of nitrogens with one attached hydrogen (secondary N) is 1. The van der Waals surface area contributed by atoms with E-state index in [1.807, 2.05) is 6.92 Å². The topological polar surface area (TPSA) is 76.5 Å². The molecule has 0 saturated heterocycles. The minimum absolute atomic E-state index is 0.215. The molecule has 1 atom stereocenters. The van der Waals surface area contributed by atoms with Crippen LogP contribution in [0.3, 0.4) is 0 Å². The standard InChI is InChI=1S/C9H17N3O3S/c1-2-14-4-3-10-5-8(13)7-15-9-6-11-16-12-9/h6,8,10,13H,2-5,7H2,1H3. The predicted octanol–water partition coefficient (Wildman–Crippen LogP) is -0.0961. The molecule has 0 aliphatic rings. The third-order valence-corrected chi connectivity index (χ3v) is 2.23. The Morgan fingerprint density at radius 2 is 2.50 bits per heavy atom. The van der Waals surface area contributed by atoms with Gasteiger partial charge in [0.25, 0.3) is 0 Å². The van der Waals surface area contributed by atoms with Crippen molar-refractivity contribution in [3.05, 3.63) is 6.20 Å². The van der Waals surface area contributed by atoms with Crippen LogP contribution in [0.4, 0.5) is 0 Å². The normalized spacial score (nSPS) is 12.6. The van der Waals surface area contributed by atoms with Crippen LogP contribution in [0.2, 0.25) is 0 Å². The Labute approximate surface area is 98.9 Å². The smallest absolute Gasteiger partial charge is 0.245 e. The van der Waals surface area contributed by atoms with Crippen LogP contribution >= 0.6 is 11.7 Å². The summed E-state index contributed by atoms with van der Waals surface area (Å²) in [5, 5.41) is 12.6. The summed E-state index contributed by atoms with van der Waals surface area (Å²) in [6, 6.07) is 0. The Bertz CT molecular complexity index is 259. The Hall–Kier alpha value is -0.760. The van der Waals surface area contributed by atoms with Gasteiger partial charge in [-0.25, -0.2) is 0 Å². The lowest BCUT2D eigenvalue weighted by atomic mass is 10.4. The molecular formula is C9H17N3O3S. The summed E-state index contributed by atoms with van der Waals surface area (Å²) >= 11 is 1.08. The lowest BCUT2D eigenvalue weighted by Gasteiger charge is -2.11. The van der Waals surface area contributed by atoms with Gasteiger partial charge in [0.2, 0.25) is 5.88 Å². The van der Waals surface area contributed by atoms with Gasteiger partial charge < -0.3 is 19.9 Å². The highest BCUT2D eigenvalue weighted by Crippen LogP contribution is 2.04. The molecule has 92 valence electrons. The van der Waals surface area contributed by atoms with Gasteiger partial charge in [0.05, 0.1) is 18.3 Å². The van der Waals surface area contributed by atoms with Crippen molar-refractivity contribution in [2.75, 3.05) is 32.9 Å². The monoisotopic (exact) mass is 247 g/mol. The van der Waals surface area contributed by atoms with Crippen molar-refractivity contribution < 1.29 is 14.6 Å². The molecule has 1 unspecified atom stereocenters. The van der Waals surface area contributed by atoms with Crippen molar-refractivity contribution >= 4 is 11.7 Å². The summed E-state index contributed by atoms with van der Waals surface area (Å²) in [6.45, 7) is 4.73. The zero-order chi connectivity index (χ0) is 11.6. The summed E-state index contributed by atoms with van der Waals surface area (Å²) in [6.07, 6.45) is 0.975. The molecular weight excluding hydrogens is 230 g/mol.